The summed E-state index contributed by atoms with van der Waals surface area (Å²) in [5.74, 6) is -1.63. The Kier molecular flexibility index (Phi) is 5.71. The first-order valence-corrected chi connectivity index (χ1v) is 8.72. The van der Waals surface area contributed by atoms with Gasteiger partial charge in [-0.05, 0) is 36.6 Å². The monoisotopic (exact) mass is 389 g/mol. The Morgan fingerprint density at radius 3 is 2.63 bits per heavy atom. The number of carbonyl (C=O) groups is 3. The number of amides is 4. The third kappa shape index (κ3) is 4.62. The van der Waals surface area contributed by atoms with Crippen LogP contribution in [0.3, 0.4) is 0 Å². The van der Waals surface area contributed by atoms with Crippen molar-refractivity contribution in [2.45, 2.75) is 18.9 Å². The van der Waals surface area contributed by atoms with Crippen LogP contribution in [0.5, 0.6) is 0 Å². The van der Waals surface area contributed by atoms with Crippen LogP contribution >= 0.6 is 11.6 Å². The molecule has 1 heterocycles. The van der Waals surface area contributed by atoms with E-state index in [0.717, 1.165) is 16.5 Å². The van der Waals surface area contributed by atoms with Crippen LogP contribution in [0.1, 0.15) is 12.0 Å². The number of halogens is 2. The summed E-state index contributed by atoms with van der Waals surface area (Å²) < 4.78 is 13.2. The van der Waals surface area contributed by atoms with E-state index in [1.54, 1.807) is 0 Å². The van der Waals surface area contributed by atoms with Crippen molar-refractivity contribution in [2.75, 3.05) is 11.9 Å². The number of nitrogens with zero attached hydrogens (tertiary/aromatic N) is 1. The summed E-state index contributed by atoms with van der Waals surface area (Å²) in [5, 5.41) is 4.95. The molecule has 0 unspecified atom stereocenters. The number of nitrogens with one attached hydrogen (secondary N) is 2. The van der Waals surface area contributed by atoms with Gasteiger partial charge in [0.2, 0.25) is 5.91 Å². The van der Waals surface area contributed by atoms with Crippen molar-refractivity contribution in [3.8, 4) is 0 Å². The molecule has 0 radical (unpaired) electrons. The Labute approximate surface area is 160 Å². The number of hydrogen-bond donors (Lipinski definition) is 2. The predicted molar refractivity (Wildman–Crippen MR) is 98.8 cm³/mol. The number of benzene rings is 2. The van der Waals surface area contributed by atoms with E-state index in [4.69, 9.17) is 11.6 Å². The van der Waals surface area contributed by atoms with Crippen molar-refractivity contribution in [1.82, 2.24) is 10.2 Å². The molecule has 8 heteroatoms. The van der Waals surface area contributed by atoms with Crippen LogP contribution in [0.2, 0.25) is 5.02 Å². The fourth-order valence-electron chi connectivity index (χ4n) is 2.80. The van der Waals surface area contributed by atoms with Gasteiger partial charge < -0.3 is 10.6 Å². The average molecular weight is 390 g/mol. The van der Waals surface area contributed by atoms with Crippen molar-refractivity contribution in [2.24, 2.45) is 0 Å². The van der Waals surface area contributed by atoms with Gasteiger partial charge >= 0.3 is 6.03 Å². The minimum atomic E-state index is -0.661. The number of anilines is 1. The van der Waals surface area contributed by atoms with Crippen molar-refractivity contribution in [3.63, 3.8) is 0 Å². The molecule has 1 aliphatic rings. The molecule has 6 nitrogen and oxygen atoms in total. The Balaban J connectivity index is 1.56. The molecule has 2 N–H and O–H groups in total. The molecule has 0 spiro atoms. The molecule has 0 aliphatic carbocycles. The lowest BCUT2D eigenvalue weighted by molar-refractivity contribution is -0.130. The number of urea groups is 1. The van der Waals surface area contributed by atoms with Crippen molar-refractivity contribution in [3.05, 3.63) is 64.9 Å². The third-order valence-electron chi connectivity index (χ3n) is 4.18. The molecule has 1 atom stereocenters. The van der Waals surface area contributed by atoms with E-state index < -0.39 is 36.2 Å². The van der Waals surface area contributed by atoms with Crippen molar-refractivity contribution < 1.29 is 18.8 Å². The molecule has 1 saturated heterocycles. The normalized spacial score (nSPS) is 16.4. The minimum absolute atomic E-state index is 0.135. The maximum absolute atomic E-state index is 13.2. The van der Waals surface area contributed by atoms with Crippen molar-refractivity contribution >= 4 is 35.1 Å². The number of hydrogen-bond acceptors (Lipinski definition) is 3. The average Bonchev–Trinajstić information content (AvgIpc) is 2.91. The first kappa shape index (κ1) is 18.8. The highest BCUT2D eigenvalue weighted by Crippen LogP contribution is 2.19. The van der Waals surface area contributed by atoms with E-state index in [9.17, 15) is 18.8 Å². The Morgan fingerprint density at radius 2 is 1.93 bits per heavy atom. The summed E-state index contributed by atoms with van der Waals surface area (Å²) in [6.45, 7) is -0.429. The molecule has 2 aromatic rings. The molecule has 1 fully saturated rings. The van der Waals surface area contributed by atoms with Gasteiger partial charge in [0, 0.05) is 5.69 Å². The second-order valence-electron chi connectivity index (χ2n) is 6.13. The van der Waals surface area contributed by atoms with E-state index in [0.29, 0.717) is 12.8 Å². The van der Waals surface area contributed by atoms with Crippen LogP contribution in [-0.4, -0.2) is 35.3 Å². The molecule has 2 aromatic carbocycles. The molecular weight excluding hydrogens is 373 g/mol. The lowest BCUT2D eigenvalue weighted by atomic mass is 10.1. The number of carbonyl (C=O) groups excluding carboxylic acids is 3. The molecule has 27 heavy (non-hydrogen) atoms. The first-order valence-electron chi connectivity index (χ1n) is 8.35. The van der Waals surface area contributed by atoms with E-state index in [2.05, 4.69) is 10.6 Å². The second-order valence-corrected chi connectivity index (χ2v) is 6.53. The van der Waals surface area contributed by atoms with Crippen molar-refractivity contribution in [1.29, 1.82) is 0 Å². The molecule has 0 saturated carbocycles. The molecule has 1 aliphatic heterocycles. The Morgan fingerprint density at radius 1 is 1.19 bits per heavy atom. The zero-order valence-corrected chi connectivity index (χ0v) is 15.0. The van der Waals surface area contributed by atoms with Gasteiger partial charge in [-0.15, -0.1) is 0 Å². The van der Waals surface area contributed by atoms with Crippen LogP contribution in [0, 0.1) is 5.82 Å². The van der Waals surface area contributed by atoms with Crippen LogP contribution in [0.4, 0.5) is 14.9 Å². The second kappa shape index (κ2) is 8.18. The van der Waals surface area contributed by atoms with E-state index in [1.807, 2.05) is 30.3 Å². The quantitative estimate of drug-likeness (QED) is 0.745. The molecule has 3 rings (SSSR count). The summed E-state index contributed by atoms with van der Waals surface area (Å²) in [5.41, 5.74) is 1.34. The zero-order chi connectivity index (χ0) is 19.4. The number of rotatable bonds is 6. The van der Waals surface area contributed by atoms with Gasteiger partial charge in [0.05, 0.1) is 5.02 Å². The van der Waals surface area contributed by atoms with E-state index in [1.165, 1.54) is 12.1 Å². The summed E-state index contributed by atoms with van der Waals surface area (Å²) in [7, 11) is 0. The van der Waals surface area contributed by atoms with E-state index in [-0.39, 0.29) is 10.7 Å². The van der Waals surface area contributed by atoms with Crippen LogP contribution in [0.15, 0.2) is 48.5 Å². The Bertz CT molecular complexity index is 876. The maximum atomic E-state index is 13.2. The summed E-state index contributed by atoms with van der Waals surface area (Å²) in [4.78, 5) is 37.4. The van der Waals surface area contributed by atoms with Crippen LogP contribution in [0.25, 0.3) is 0 Å². The highest BCUT2D eigenvalue weighted by molar-refractivity contribution is 6.31. The summed E-state index contributed by atoms with van der Waals surface area (Å²) in [6, 6.07) is 12.0. The smallest absolute Gasteiger partial charge is 0.325 e. The third-order valence-corrected chi connectivity index (χ3v) is 4.47. The largest absolute Gasteiger partial charge is 0.326 e. The molecule has 4 amide bonds. The highest BCUT2D eigenvalue weighted by atomic mass is 35.5. The number of aryl methyl sites for hydroxylation is 1. The molecule has 140 valence electrons. The van der Waals surface area contributed by atoms with Gasteiger partial charge in [-0.2, -0.15) is 0 Å². The molecule has 0 aromatic heterocycles. The van der Waals surface area contributed by atoms with Gasteiger partial charge in [0.15, 0.2) is 0 Å². The van der Waals surface area contributed by atoms with Gasteiger partial charge in [-0.1, -0.05) is 41.9 Å². The first-order chi connectivity index (χ1) is 12.9. The van der Waals surface area contributed by atoms with Gasteiger partial charge in [-0.25, -0.2) is 9.18 Å². The lowest BCUT2D eigenvalue weighted by Crippen LogP contribution is -2.38. The van der Waals surface area contributed by atoms with Gasteiger partial charge in [0.25, 0.3) is 5.91 Å². The lowest BCUT2D eigenvalue weighted by Gasteiger charge is -2.13. The minimum Gasteiger partial charge on any atom is -0.326 e. The topological polar surface area (TPSA) is 78.5 Å². The predicted octanol–water partition coefficient (Wildman–Crippen LogP) is 2.97. The summed E-state index contributed by atoms with van der Waals surface area (Å²) >= 11 is 5.66. The fraction of sp³-hybridized carbons (Fsp3) is 0.211. The maximum Gasteiger partial charge on any atom is 0.325 e. The van der Waals surface area contributed by atoms with E-state index >= 15 is 0 Å². The highest BCUT2D eigenvalue weighted by Gasteiger charge is 2.38. The molecular formula is C19H17ClFN3O3. The van der Waals surface area contributed by atoms with Crippen LogP contribution in [-0.2, 0) is 16.0 Å². The van der Waals surface area contributed by atoms with Crippen LogP contribution < -0.4 is 10.6 Å². The SMILES string of the molecule is O=C(CN1C(=O)N[C@H](CCc2ccccc2)C1=O)Nc1ccc(F)c(Cl)c1. The fourth-order valence-corrected chi connectivity index (χ4v) is 2.98. The van der Waals surface area contributed by atoms with Gasteiger partial charge in [0.1, 0.15) is 18.4 Å². The summed E-state index contributed by atoms with van der Waals surface area (Å²) in [6.07, 6.45) is 1.08. The zero-order valence-electron chi connectivity index (χ0n) is 14.2. The Hall–Kier alpha value is -2.93. The standard InChI is InChI=1S/C19H17ClFN3O3/c20-14-10-13(7-8-15(14)21)22-17(25)11-24-18(26)16(23-19(24)27)9-6-12-4-2-1-3-5-12/h1-5,7-8,10,16H,6,9,11H2,(H,22,25)(H,23,27)/t16-/m1/s1. The molecule has 0 bridgehead atoms. The number of imide groups is 1. The van der Waals surface area contributed by atoms with Gasteiger partial charge in [-0.3, -0.25) is 14.5 Å².